The number of hydrogen-bond acceptors (Lipinski definition) is 4. The Morgan fingerprint density at radius 1 is 1.41 bits per heavy atom. The summed E-state index contributed by atoms with van der Waals surface area (Å²) in [6.45, 7) is 3.22. The van der Waals surface area contributed by atoms with Crippen molar-refractivity contribution in [2.45, 2.75) is 51.5 Å². The minimum Gasteiger partial charge on any atom is -0.343 e. The molecule has 0 saturated heterocycles. The minimum atomic E-state index is 0.690. The summed E-state index contributed by atoms with van der Waals surface area (Å²) >= 11 is 5.12. The molecule has 17 heavy (non-hydrogen) atoms. The first-order valence-corrected chi connectivity index (χ1v) is 8.39. The van der Waals surface area contributed by atoms with Gasteiger partial charge in [0.1, 0.15) is 5.82 Å². The fourth-order valence-electron chi connectivity index (χ4n) is 2.43. The van der Waals surface area contributed by atoms with Crippen molar-refractivity contribution in [1.82, 2.24) is 9.36 Å². The zero-order chi connectivity index (χ0) is 12.1. The van der Waals surface area contributed by atoms with Crippen molar-refractivity contribution >= 4 is 32.6 Å². The van der Waals surface area contributed by atoms with Gasteiger partial charge in [0.25, 0.3) is 0 Å². The van der Waals surface area contributed by atoms with Gasteiger partial charge in [0.05, 0.1) is 0 Å². The molecule has 1 aromatic heterocycles. The van der Waals surface area contributed by atoms with Crippen LogP contribution in [0.25, 0.3) is 0 Å². The van der Waals surface area contributed by atoms with Crippen molar-refractivity contribution in [3.05, 3.63) is 5.82 Å². The number of alkyl halides is 1. The second kappa shape index (κ2) is 6.69. The van der Waals surface area contributed by atoms with E-state index in [1.165, 1.54) is 25.7 Å². The Morgan fingerprint density at radius 3 is 2.82 bits per heavy atom. The molecule has 5 heteroatoms. The van der Waals surface area contributed by atoms with Crippen molar-refractivity contribution in [3.8, 4) is 0 Å². The van der Waals surface area contributed by atoms with E-state index in [9.17, 15) is 0 Å². The minimum absolute atomic E-state index is 0.690. The summed E-state index contributed by atoms with van der Waals surface area (Å²) in [5.74, 6) is 1.02. The average Bonchev–Trinajstić information content (AvgIpc) is 2.97. The standard InChI is InChI=1S/C12H20BrN3S/c1-2-5-11-14-12(17-15-11)16(9-8-13)10-6-3-4-7-10/h10H,2-9H2,1H3. The Bertz CT molecular complexity index is 336. The molecule has 0 atom stereocenters. The van der Waals surface area contributed by atoms with Gasteiger partial charge in [-0.15, -0.1) is 0 Å². The van der Waals surface area contributed by atoms with Crippen LogP contribution in [0.15, 0.2) is 0 Å². The predicted octanol–water partition coefficient (Wildman–Crippen LogP) is 3.63. The van der Waals surface area contributed by atoms with Crippen LogP contribution in [0.5, 0.6) is 0 Å². The van der Waals surface area contributed by atoms with E-state index < -0.39 is 0 Å². The lowest BCUT2D eigenvalue weighted by Gasteiger charge is -2.27. The van der Waals surface area contributed by atoms with Crippen LogP contribution < -0.4 is 4.90 Å². The second-order valence-corrected chi connectivity index (χ2v) is 6.09. The molecule has 1 saturated carbocycles. The van der Waals surface area contributed by atoms with Crippen LogP contribution in [0.2, 0.25) is 0 Å². The third-order valence-corrected chi connectivity index (χ3v) is 4.41. The summed E-state index contributed by atoms with van der Waals surface area (Å²) in [5, 5.41) is 2.13. The quantitative estimate of drug-likeness (QED) is 0.750. The topological polar surface area (TPSA) is 29.0 Å². The van der Waals surface area contributed by atoms with Crippen LogP contribution >= 0.6 is 27.5 Å². The first-order chi connectivity index (χ1) is 8.35. The highest BCUT2D eigenvalue weighted by Gasteiger charge is 2.24. The van der Waals surface area contributed by atoms with E-state index in [0.29, 0.717) is 6.04 Å². The van der Waals surface area contributed by atoms with Crippen molar-refractivity contribution in [3.63, 3.8) is 0 Å². The van der Waals surface area contributed by atoms with Crippen molar-refractivity contribution in [2.75, 3.05) is 16.8 Å². The van der Waals surface area contributed by atoms with Gasteiger partial charge in [-0.05, 0) is 19.3 Å². The Hall–Kier alpha value is -0.160. The first-order valence-electron chi connectivity index (χ1n) is 6.50. The second-order valence-electron chi connectivity index (χ2n) is 4.56. The Labute approximate surface area is 116 Å². The molecular formula is C12H20BrN3S. The lowest BCUT2D eigenvalue weighted by atomic mass is 10.2. The predicted molar refractivity (Wildman–Crippen MR) is 77.3 cm³/mol. The van der Waals surface area contributed by atoms with E-state index >= 15 is 0 Å². The Kier molecular flexibility index (Phi) is 5.22. The maximum absolute atomic E-state index is 4.68. The molecule has 0 amide bonds. The van der Waals surface area contributed by atoms with Gasteiger partial charge in [-0.2, -0.15) is 4.37 Å². The average molecular weight is 318 g/mol. The maximum Gasteiger partial charge on any atom is 0.205 e. The van der Waals surface area contributed by atoms with E-state index in [-0.39, 0.29) is 0 Å². The van der Waals surface area contributed by atoms with Crippen LogP contribution in [0, 0.1) is 0 Å². The molecule has 2 rings (SSSR count). The molecule has 0 unspecified atom stereocenters. The van der Waals surface area contributed by atoms with Gasteiger partial charge in [0.15, 0.2) is 0 Å². The van der Waals surface area contributed by atoms with Crippen LogP contribution in [0.4, 0.5) is 5.13 Å². The summed E-state index contributed by atoms with van der Waals surface area (Å²) in [6, 6.07) is 0.690. The summed E-state index contributed by atoms with van der Waals surface area (Å²) in [7, 11) is 0. The van der Waals surface area contributed by atoms with Gasteiger partial charge >= 0.3 is 0 Å². The Balaban J connectivity index is 2.07. The zero-order valence-corrected chi connectivity index (χ0v) is 12.8. The molecular weight excluding hydrogens is 298 g/mol. The number of hydrogen-bond donors (Lipinski definition) is 0. The van der Waals surface area contributed by atoms with Gasteiger partial charge in [-0.3, -0.25) is 0 Å². The van der Waals surface area contributed by atoms with Gasteiger partial charge < -0.3 is 4.90 Å². The van der Waals surface area contributed by atoms with E-state index in [2.05, 4.69) is 37.1 Å². The summed E-state index contributed by atoms with van der Waals surface area (Å²) in [6.07, 6.45) is 7.49. The third kappa shape index (κ3) is 3.41. The Morgan fingerprint density at radius 2 is 2.18 bits per heavy atom. The molecule has 1 aliphatic carbocycles. The van der Waals surface area contributed by atoms with Gasteiger partial charge in [-0.1, -0.05) is 35.7 Å². The van der Waals surface area contributed by atoms with Crippen LogP contribution in [-0.2, 0) is 6.42 Å². The maximum atomic E-state index is 4.68. The number of rotatable bonds is 6. The van der Waals surface area contributed by atoms with Crippen molar-refractivity contribution in [1.29, 1.82) is 0 Å². The monoisotopic (exact) mass is 317 g/mol. The van der Waals surface area contributed by atoms with E-state index in [1.54, 1.807) is 11.5 Å². The normalized spacial score (nSPS) is 16.6. The highest BCUT2D eigenvalue weighted by molar-refractivity contribution is 9.09. The molecule has 0 aliphatic heterocycles. The van der Waals surface area contributed by atoms with Crippen molar-refractivity contribution < 1.29 is 0 Å². The van der Waals surface area contributed by atoms with E-state index in [1.807, 2.05) is 0 Å². The van der Waals surface area contributed by atoms with Gasteiger partial charge in [0, 0.05) is 35.9 Å². The number of aryl methyl sites for hydroxylation is 1. The smallest absolute Gasteiger partial charge is 0.205 e. The molecule has 0 bridgehead atoms. The third-order valence-electron chi connectivity index (χ3n) is 3.27. The van der Waals surface area contributed by atoms with E-state index in [4.69, 9.17) is 0 Å². The summed E-state index contributed by atoms with van der Waals surface area (Å²) in [4.78, 5) is 7.13. The fourth-order valence-corrected chi connectivity index (χ4v) is 3.62. The number of nitrogens with zero attached hydrogens (tertiary/aromatic N) is 3. The SMILES string of the molecule is CCCc1nsc(N(CCBr)C2CCCC2)n1. The van der Waals surface area contributed by atoms with Crippen molar-refractivity contribution in [2.24, 2.45) is 0 Å². The highest BCUT2D eigenvalue weighted by Crippen LogP contribution is 2.29. The summed E-state index contributed by atoms with van der Waals surface area (Å²) < 4.78 is 4.45. The number of anilines is 1. The van der Waals surface area contributed by atoms with E-state index in [0.717, 1.165) is 35.7 Å². The van der Waals surface area contributed by atoms with Crippen LogP contribution in [-0.4, -0.2) is 27.3 Å². The molecule has 0 aromatic carbocycles. The van der Waals surface area contributed by atoms with Crippen LogP contribution in [0.1, 0.15) is 44.9 Å². The molecule has 3 nitrogen and oxygen atoms in total. The summed E-state index contributed by atoms with van der Waals surface area (Å²) in [5.41, 5.74) is 0. The van der Waals surface area contributed by atoms with Crippen LogP contribution in [0.3, 0.4) is 0 Å². The lowest BCUT2D eigenvalue weighted by molar-refractivity contribution is 0.620. The molecule has 1 heterocycles. The number of halogens is 1. The molecule has 0 spiro atoms. The molecule has 0 radical (unpaired) electrons. The molecule has 1 fully saturated rings. The largest absolute Gasteiger partial charge is 0.343 e. The fraction of sp³-hybridized carbons (Fsp3) is 0.833. The molecule has 1 aliphatic rings. The molecule has 0 N–H and O–H groups in total. The molecule has 96 valence electrons. The highest BCUT2D eigenvalue weighted by atomic mass is 79.9. The zero-order valence-electron chi connectivity index (χ0n) is 10.4. The first kappa shape index (κ1) is 13.3. The number of aromatic nitrogens is 2. The van der Waals surface area contributed by atoms with Gasteiger partial charge in [-0.25, -0.2) is 4.98 Å². The lowest BCUT2D eigenvalue weighted by Crippen LogP contribution is -2.34. The molecule has 1 aromatic rings. The van der Waals surface area contributed by atoms with Gasteiger partial charge in [0.2, 0.25) is 5.13 Å².